The molecular weight excluding hydrogens is 252 g/mol. The third kappa shape index (κ3) is 2.16. The minimum Gasteiger partial charge on any atom is -0.507 e. The normalized spacial score (nSPS) is 10.4. The Labute approximate surface area is 115 Å². The molecule has 0 saturated heterocycles. The molecule has 2 heterocycles. The summed E-state index contributed by atoms with van der Waals surface area (Å²) in [6, 6.07) is 12.5. The lowest BCUT2D eigenvalue weighted by molar-refractivity contribution is 0.477. The van der Waals surface area contributed by atoms with Crippen LogP contribution in [-0.4, -0.2) is 20.3 Å². The molecule has 5 nitrogen and oxygen atoms in total. The van der Waals surface area contributed by atoms with Crippen LogP contribution in [-0.2, 0) is 0 Å². The molecule has 20 heavy (non-hydrogen) atoms. The zero-order valence-corrected chi connectivity index (χ0v) is 10.6. The number of nitrogens with zero attached hydrogens (tertiary/aromatic N) is 3. The van der Waals surface area contributed by atoms with Crippen molar-refractivity contribution < 1.29 is 5.11 Å². The van der Waals surface area contributed by atoms with E-state index in [-0.39, 0.29) is 5.75 Å². The fraction of sp³-hybridized carbons (Fsp3) is 0. The summed E-state index contributed by atoms with van der Waals surface area (Å²) in [5, 5.41) is 17.9. The van der Waals surface area contributed by atoms with E-state index < -0.39 is 0 Å². The maximum atomic E-state index is 9.89. The molecule has 0 amide bonds. The number of nitrogen functional groups attached to an aromatic ring is 1. The quantitative estimate of drug-likeness (QED) is 0.742. The topological polar surface area (TPSA) is 84.9 Å². The Bertz CT molecular complexity index is 744. The van der Waals surface area contributed by atoms with E-state index in [0.717, 1.165) is 11.1 Å². The molecule has 2 aromatic heterocycles. The van der Waals surface area contributed by atoms with E-state index in [1.54, 1.807) is 30.6 Å². The van der Waals surface area contributed by atoms with Gasteiger partial charge in [-0.25, -0.2) is 0 Å². The second kappa shape index (κ2) is 4.97. The largest absolute Gasteiger partial charge is 0.507 e. The maximum absolute atomic E-state index is 9.89. The van der Waals surface area contributed by atoms with Crippen LogP contribution in [0.4, 0.5) is 5.82 Å². The highest BCUT2D eigenvalue weighted by atomic mass is 16.3. The van der Waals surface area contributed by atoms with Crippen LogP contribution in [0.1, 0.15) is 0 Å². The second-order valence-electron chi connectivity index (χ2n) is 4.28. The molecule has 0 aliphatic rings. The van der Waals surface area contributed by atoms with Gasteiger partial charge in [-0.2, -0.15) is 0 Å². The first-order valence-corrected chi connectivity index (χ1v) is 6.07. The molecule has 0 unspecified atom stereocenters. The molecule has 0 atom stereocenters. The van der Waals surface area contributed by atoms with E-state index in [2.05, 4.69) is 15.2 Å². The number of hydrogen-bond donors (Lipinski definition) is 2. The van der Waals surface area contributed by atoms with Gasteiger partial charge in [-0.3, -0.25) is 4.98 Å². The number of nitrogens with two attached hydrogens (primary N) is 1. The summed E-state index contributed by atoms with van der Waals surface area (Å²) in [6.07, 6.45) is 3.38. The number of pyridine rings is 1. The third-order valence-corrected chi connectivity index (χ3v) is 2.99. The van der Waals surface area contributed by atoms with E-state index in [9.17, 15) is 5.11 Å². The fourth-order valence-corrected chi connectivity index (χ4v) is 1.99. The fourth-order valence-electron chi connectivity index (χ4n) is 1.99. The molecule has 3 aromatic rings. The first kappa shape index (κ1) is 12.1. The van der Waals surface area contributed by atoms with Crippen molar-refractivity contribution in [1.82, 2.24) is 15.2 Å². The molecule has 0 bridgehead atoms. The lowest BCUT2D eigenvalue weighted by Crippen LogP contribution is -1.98. The summed E-state index contributed by atoms with van der Waals surface area (Å²) in [5.41, 5.74) is 8.75. The molecule has 0 fully saturated rings. The summed E-state index contributed by atoms with van der Waals surface area (Å²) in [5.74, 6) is 0.502. The lowest BCUT2D eigenvalue weighted by Gasteiger charge is -2.08. The first-order chi connectivity index (χ1) is 9.75. The van der Waals surface area contributed by atoms with Crippen molar-refractivity contribution >= 4 is 5.82 Å². The molecule has 0 aliphatic heterocycles. The number of benzene rings is 1. The van der Waals surface area contributed by atoms with Gasteiger partial charge < -0.3 is 10.8 Å². The third-order valence-electron chi connectivity index (χ3n) is 2.99. The van der Waals surface area contributed by atoms with Crippen molar-refractivity contribution in [3.8, 4) is 28.1 Å². The summed E-state index contributed by atoms with van der Waals surface area (Å²) >= 11 is 0. The molecule has 5 heteroatoms. The number of para-hydroxylation sites is 1. The molecule has 1 aromatic carbocycles. The van der Waals surface area contributed by atoms with Crippen molar-refractivity contribution in [1.29, 1.82) is 0 Å². The number of aromatic nitrogens is 3. The monoisotopic (exact) mass is 264 g/mol. The zero-order chi connectivity index (χ0) is 13.9. The minimum atomic E-state index is 0.159. The molecule has 0 radical (unpaired) electrons. The predicted octanol–water partition coefficient (Wildman–Crippen LogP) is 2.49. The number of aromatic hydroxyl groups is 1. The second-order valence-corrected chi connectivity index (χ2v) is 4.28. The van der Waals surface area contributed by atoms with Gasteiger partial charge >= 0.3 is 0 Å². The maximum Gasteiger partial charge on any atom is 0.154 e. The van der Waals surface area contributed by atoms with Gasteiger partial charge in [0.1, 0.15) is 5.75 Å². The van der Waals surface area contributed by atoms with Gasteiger partial charge in [0.2, 0.25) is 0 Å². The standard InChI is InChI=1S/C15H12N4O/c16-15-12(10-5-7-17-8-6-10)9-13(18-19-15)11-3-1-2-4-14(11)20/h1-9,20H,(H2,16,19). The van der Waals surface area contributed by atoms with Gasteiger partial charge in [0, 0.05) is 23.5 Å². The van der Waals surface area contributed by atoms with Crippen LogP contribution in [0, 0.1) is 0 Å². The molecule has 0 saturated carbocycles. The first-order valence-electron chi connectivity index (χ1n) is 6.07. The van der Waals surface area contributed by atoms with Crippen LogP contribution in [0.25, 0.3) is 22.4 Å². The summed E-state index contributed by atoms with van der Waals surface area (Å²) < 4.78 is 0. The van der Waals surface area contributed by atoms with Crippen LogP contribution >= 0.6 is 0 Å². The van der Waals surface area contributed by atoms with Crippen molar-refractivity contribution in [2.45, 2.75) is 0 Å². The lowest BCUT2D eigenvalue weighted by atomic mass is 10.0. The van der Waals surface area contributed by atoms with E-state index in [0.29, 0.717) is 17.1 Å². The predicted molar refractivity (Wildman–Crippen MR) is 76.8 cm³/mol. The summed E-state index contributed by atoms with van der Waals surface area (Å²) in [4.78, 5) is 3.98. The molecule has 0 aliphatic carbocycles. The molecular formula is C15H12N4O. The van der Waals surface area contributed by atoms with Crippen molar-refractivity contribution in [2.75, 3.05) is 5.73 Å². The Balaban J connectivity index is 2.15. The summed E-state index contributed by atoms with van der Waals surface area (Å²) in [6.45, 7) is 0. The molecule has 3 rings (SSSR count). The van der Waals surface area contributed by atoms with E-state index in [1.165, 1.54) is 0 Å². The Kier molecular flexibility index (Phi) is 3.01. The SMILES string of the molecule is Nc1nnc(-c2ccccc2O)cc1-c1ccncc1. The van der Waals surface area contributed by atoms with Gasteiger partial charge in [0.15, 0.2) is 5.82 Å². The highest BCUT2D eigenvalue weighted by Crippen LogP contribution is 2.31. The van der Waals surface area contributed by atoms with Crippen molar-refractivity contribution in [3.05, 3.63) is 54.9 Å². The number of rotatable bonds is 2. The van der Waals surface area contributed by atoms with Gasteiger partial charge in [0.25, 0.3) is 0 Å². The Morgan fingerprint density at radius 1 is 0.900 bits per heavy atom. The van der Waals surface area contributed by atoms with Crippen molar-refractivity contribution in [3.63, 3.8) is 0 Å². The Morgan fingerprint density at radius 3 is 2.40 bits per heavy atom. The van der Waals surface area contributed by atoms with Crippen molar-refractivity contribution in [2.24, 2.45) is 0 Å². The van der Waals surface area contributed by atoms with E-state index >= 15 is 0 Å². The molecule has 3 N–H and O–H groups in total. The van der Waals surface area contributed by atoms with Crippen LogP contribution in [0.15, 0.2) is 54.9 Å². The van der Waals surface area contributed by atoms with Crippen LogP contribution < -0.4 is 5.73 Å². The highest BCUT2D eigenvalue weighted by Gasteiger charge is 2.10. The van der Waals surface area contributed by atoms with Crippen LogP contribution in [0.2, 0.25) is 0 Å². The highest BCUT2D eigenvalue weighted by molar-refractivity contribution is 5.78. The number of phenolic OH excluding ortho intramolecular Hbond substituents is 1. The number of anilines is 1. The molecule has 98 valence electrons. The average molecular weight is 264 g/mol. The zero-order valence-electron chi connectivity index (χ0n) is 10.6. The van der Waals surface area contributed by atoms with Crippen LogP contribution in [0.5, 0.6) is 5.75 Å². The Morgan fingerprint density at radius 2 is 1.65 bits per heavy atom. The van der Waals surface area contributed by atoms with Gasteiger partial charge in [0.05, 0.1) is 5.69 Å². The van der Waals surface area contributed by atoms with Gasteiger partial charge in [-0.05, 0) is 35.9 Å². The van der Waals surface area contributed by atoms with Gasteiger partial charge in [-0.1, -0.05) is 12.1 Å². The smallest absolute Gasteiger partial charge is 0.154 e. The summed E-state index contributed by atoms with van der Waals surface area (Å²) in [7, 11) is 0. The van der Waals surface area contributed by atoms with E-state index in [1.807, 2.05) is 24.3 Å². The molecule has 0 spiro atoms. The van der Waals surface area contributed by atoms with E-state index in [4.69, 9.17) is 5.73 Å². The Hall–Kier alpha value is -2.95. The minimum absolute atomic E-state index is 0.159. The average Bonchev–Trinajstić information content (AvgIpc) is 2.49. The number of hydrogen-bond acceptors (Lipinski definition) is 5. The van der Waals surface area contributed by atoms with Crippen LogP contribution in [0.3, 0.4) is 0 Å². The van der Waals surface area contributed by atoms with Gasteiger partial charge in [-0.15, -0.1) is 10.2 Å². The number of phenols is 1.